The van der Waals surface area contributed by atoms with Crippen molar-refractivity contribution >= 4 is 34.7 Å². The van der Waals surface area contributed by atoms with Crippen molar-refractivity contribution in [3.63, 3.8) is 0 Å². The van der Waals surface area contributed by atoms with Gasteiger partial charge in [-0.25, -0.2) is 4.90 Å². The molecule has 0 bridgehead atoms. The first-order valence-corrected chi connectivity index (χ1v) is 10.4. The molecular weight excluding hydrogens is 404 g/mol. The minimum atomic E-state index is -0.378. The Morgan fingerprint density at radius 2 is 1.70 bits per heavy atom. The molecule has 0 N–H and O–H groups in total. The Hall–Kier alpha value is -2.83. The molecule has 0 atom stereocenters. The zero-order chi connectivity index (χ0) is 21.1. The molecule has 2 amide bonds. The molecule has 4 rings (SSSR count). The van der Waals surface area contributed by atoms with Gasteiger partial charge in [0, 0.05) is 13.1 Å². The number of rotatable bonds is 6. The summed E-state index contributed by atoms with van der Waals surface area (Å²) in [6.45, 7) is 4.78. The number of ether oxygens (including phenoxy) is 2. The molecule has 2 heterocycles. The number of halogens is 1. The number of anilines is 1. The quantitative estimate of drug-likeness (QED) is 0.658. The highest BCUT2D eigenvalue weighted by Gasteiger charge is 2.43. The maximum atomic E-state index is 13.5. The lowest BCUT2D eigenvalue weighted by molar-refractivity contribution is -0.121. The van der Waals surface area contributed by atoms with Gasteiger partial charge in [-0.15, -0.1) is 0 Å². The van der Waals surface area contributed by atoms with Crippen LogP contribution in [0.2, 0.25) is 5.02 Å². The molecule has 156 valence electrons. The Morgan fingerprint density at radius 1 is 1.00 bits per heavy atom. The maximum absolute atomic E-state index is 13.5. The van der Waals surface area contributed by atoms with Gasteiger partial charge in [0.1, 0.15) is 11.4 Å². The van der Waals surface area contributed by atoms with E-state index in [9.17, 15) is 9.59 Å². The standard InChI is InChI=1S/C23H23ClN2O4/c1-2-13-30-17-9-7-16(8-10-17)20-21(25-11-14-29-15-12-25)23(28)26(22(20)27)19-6-4-3-5-18(19)24/h3-10H,2,11-15H2,1H3. The number of amides is 2. The molecule has 1 saturated heterocycles. The zero-order valence-corrected chi connectivity index (χ0v) is 17.5. The maximum Gasteiger partial charge on any atom is 0.282 e. The van der Waals surface area contributed by atoms with E-state index in [4.69, 9.17) is 21.1 Å². The van der Waals surface area contributed by atoms with Crippen molar-refractivity contribution in [3.05, 3.63) is 64.8 Å². The highest BCUT2D eigenvalue weighted by Crippen LogP contribution is 2.38. The largest absolute Gasteiger partial charge is 0.494 e. The van der Waals surface area contributed by atoms with E-state index < -0.39 is 0 Å². The molecule has 6 nitrogen and oxygen atoms in total. The molecule has 2 aromatic carbocycles. The molecular formula is C23H23ClN2O4. The SMILES string of the molecule is CCCOc1ccc(C2=C(N3CCOCC3)C(=O)N(c3ccccc3Cl)C2=O)cc1. The first-order chi connectivity index (χ1) is 14.6. The van der Waals surface area contributed by atoms with E-state index >= 15 is 0 Å². The highest BCUT2D eigenvalue weighted by atomic mass is 35.5. The van der Waals surface area contributed by atoms with E-state index in [1.165, 1.54) is 4.90 Å². The highest BCUT2D eigenvalue weighted by molar-refractivity contribution is 6.47. The molecule has 1 fully saturated rings. The molecule has 0 saturated carbocycles. The van der Waals surface area contributed by atoms with Crippen molar-refractivity contribution in [2.45, 2.75) is 13.3 Å². The van der Waals surface area contributed by atoms with Crippen LogP contribution in [0.4, 0.5) is 5.69 Å². The third-order valence-electron chi connectivity index (χ3n) is 5.10. The van der Waals surface area contributed by atoms with Crippen LogP contribution in [0.1, 0.15) is 18.9 Å². The first-order valence-electron chi connectivity index (χ1n) is 10.1. The third kappa shape index (κ3) is 3.80. The van der Waals surface area contributed by atoms with Crippen LogP contribution in [0, 0.1) is 0 Å². The predicted octanol–water partition coefficient (Wildman–Crippen LogP) is 3.75. The molecule has 2 aliphatic rings. The topological polar surface area (TPSA) is 59.1 Å². The molecule has 0 spiro atoms. The number of carbonyl (C=O) groups is 2. The van der Waals surface area contributed by atoms with Gasteiger partial charge in [-0.2, -0.15) is 0 Å². The van der Waals surface area contributed by atoms with Gasteiger partial charge in [0.2, 0.25) is 0 Å². The molecule has 0 radical (unpaired) electrons. The van der Waals surface area contributed by atoms with Crippen LogP contribution >= 0.6 is 11.6 Å². The summed E-state index contributed by atoms with van der Waals surface area (Å²) in [7, 11) is 0. The summed E-state index contributed by atoms with van der Waals surface area (Å²) < 4.78 is 11.1. The van der Waals surface area contributed by atoms with Gasteiger partial charge in [0.25, 0.3) is 11.8 Å². The molecule has 2 aromatic rings. The van der Waals surface area contributed by atoms with Crippen molar-refractivity contribution in [3.8, 4) is 5.75 Å². The molecule has 7 heteroatoms. The molecule has 0 aliphatic carbocycles. The number of carbonyl (C=O) groups excluding carboxylic acids is 2. The summed E-state index contributed by atoms with van der Waals surface area (Å²) >= 11 is 6.32. The summed E-state index contributed by atoms with van der Waals surface area (Å²) in [4.78, 5) is 30.0. The number of hydrogen-bond donors (Lipinski definition) is 0. The van der Waals surface area contributed by atoms with Gasteiger partial charge in [0.05, 0.1) is 36.1 Å². The Balaban J connectivity index is 1.76. The van der Waals surface area contributed by atoms with Gasteiger partial charge in [0.15, 0.2) is 0 Å². The number of imide groups is 1. The smallest absolute Gasteiger partial charge is 0.282 e. The number of hydrogen-bond acceptors (Lipinski definition) is 5. The van der Waals surface area contributed by atoms with Crippen LogP contribution < -0.4 is 9.64 Å². The van der Waals surface area contributed by atoms with E-state index in [0.29, 0.717) is 60.5 Å². The second kappa shape index (κ2) is 8.90. The Labute approximate surface area is 180 Å². The molecule has 2 aliphatic heterocycles. The summed E-state index contributed by atoms with van der Waals surface area (Å²) in [5, 5.41) is 0.352. The van der Waals surface area contributed by atoms with Crippen LogP contribution in [0.3, 0.4) is 0 Å². The van der Waals surface area contributed by atoms with E-state index in [1.54, 1.807) is 24.3 Å². The summed E-state index contributed by atoms with van der Waals surface area (Å²) in [6.07, 6.45) is 0.911. The third-order valence-corrected chi connectivity index (χ3v) is 5.42. The van der Waals surface area contributed by atoms with Crippen LogP contribution in [0.15, 0.2) is 54.2 Å². The number of para-hydroxylation sites is 1. The minimum absolute atomic E-state index is 0.352. The van der Waals surface area contributed by atoms with Crippen molar-refractivity contribution in [2.75, 3.05) is 37.8 Å². The van der Waals surface area contributed by atoms with Crippen LogP contribution in [0.25, 0.3) is 5.57 Å². The number of nitrogens with zero attached hydrogens (tertiary/aromatic N) is 2. The van der Waals surface area contributed by atoms with Crippen LogP contribution in [0.5, 0.6) is 5.75 Å². The second-order valence-electron chi connectivity index (χ2n) is 7.09. The summed E-state index contributed by atoms with van der Waals surface area (Å²) in [6, 6.07) is 14.2. The monoisotopic (exact) mass is 426 g/mol. The summed E-state index contributed by atoms with van der Waals surface area (Å²) in [5.74, 6) is -0.0121. The van der Waals surface area contributed by atoms with E-state index in [-0.39, 0.29) is 11.8 Å². The van der Waals surface area contributed by atoms with Gasteiger partial charge in [-0.3, -0.25) is 9.59 Å². The lowest BCUT2D eigenvalue weighted by Gasteiger charge is -2.29. The fourth-order valence-corrected chi connectivity index (χ4v) is 3.87. The van der Waals surface area contributed by atoms with Crippen molar-refractivity contribution in [1.82, 2.24) is 4.90 Å². The van der Waals surface area contributed by atoms with E-state index in [2.05, 4.69) is 0 Å². The zero-order valence-electron chi connectivity index (χ0n) is 16.8. The Morgan fingerprint density at radius 3 is 2.37 bits per heavy atom. The van der Waals surface area contributed by atoms with Crippen molar-refractivity contribution < 1.29 is 19.1 Å². The molecule has 0 unspecified atom stereocenters. The minimum Gasteiger partial charge on any atom is -0.494 e. The van der Waals surface area contributed by atoms with E-state index in [0.717, 1.165) is 12.2 Å². The first kappa shape index (κ1) is 20.4. The number of benzene rings is 2. The number of morpholine rings is 1. The fraction of sp³-hybridized carbons (Fsp3) is 0.304. The van der Waals surface area contributed by atoms with Crippen LogP contribution in [-0.2, 0) is 14.3 Å². The molecule has 30 heavy (non-hydrogen) atoms. The lowest BCUT2D eigenvalue weighted by Crippen LogP contribution is -2.40. The second-order valence-corrected chi connectivity index (χ2v) is 7.50. The van der Waals surface area contributed by atoms with Crippen molar-refractivity contribution in [2.24, 2.45) is 0 Å². The Kier molecular flexibility index (Phi) is 6.06. The normalized spacial score (nSPS) is 17.1. The predicted molar refractivity (Wildman–Crippen MR) is 115 cm³/mol. The van der Waals surface area contributed by atoms with Gasteiger partial charge in [-0.05, 0) is 36.2 Å². The van der Waals surface area contributed by atoms with Gasteiger partial charge >= 0.3 is 0 Å². The lowest BCUT2D eigenvalue weighted by atomic mass is 10.0. The summed E-state index contributed by atoms with van der Waals surface area (Å²) in [5.41, 5.74) is 1.83. The van der Waals surface area contributed by atoms with Crippen molar-refractivity contribution in [1.29, 1.82) is 0 Å². The van der Waals surface area contributed by atoms with Crippen LogP contribution in [-0.4, -0.2) is 49.6 Å². The van der Waals surface area contributed by atoms with Gasteiger partial charge < -0.3 is 14.4 Å². The van der Waals surface area contributed by atoms with Gasteiger partial charge in [-0.1, -0.05) is 42.8 Å². The average molecular weight is 427 g/mol. The Bertz CT molecular complexity index is 981. The fourth-order valence-electron chi connectivity index (χ4n) is 3.65. The van der Waals surface area contributed by atoms with E-state index in [1.807, 2.05) is 36.1 Å². The average Bonchev–Trinajstić information content (AvgIpc) is 3.04. The molecule has 0 aromatic heterocycles.